The molecule has 0 atom stereocenters. The summed E-state index contributed by atoms with van der Waals surface area (Å²) in [5.74, 6) is 0.798. The highest BCUT2D eigenvalue weighted by Gasteiger charge is 1.89. The van der Waals surface area contributed by atoms with Crippen molar-refractivity contribution in [1.29, 1.82) is 0 Å². The second kappa shape index (κ2) is 11.3. The normalized spacial score (nSPS) is 10.5. The van der Waals surface area contributed by atoms with Crippen LogP contribution in [0.2, 0.25) is 0 Å². The molecule has 0 aliphatic carbocycles. The smallest absolute Gasteiger partial charge is 0.0487 e. The molecule has 3 heteroatoms. The highest BCUT2D eigenvalue weighted by atomic mass is 32.1. The molecular weight excluding hydrogens is 172 g/mol. The molecule has 0 fully saturated rings. The van der Waals surface area contributed by atoms with E-state index in [4.69, 9.17) is 22.1 Å². The van der Waals surface area contributed by atoms with Crippen LogP contribution in [-0.2, 0) is 9.47 Å². The van der Waals surface area contributed by atoms with Gasteiger partial charge >= 0.3 is 0 Å². The van der Waals surface area contributed by atoms with E-state index in [2.05, 4.69) is 6.92 Å². The first kappa shape index (κ1) is 12.3. The molecule has 0 aromatic rings. The van der Waals surface area contributed by atoms with Crippen molar-refractivity contribution in [3.8, 4) is 0 Å². The van der Waals surface area contributed by atoms with Crippen molar-refractivity contribution in [1.82, 2.24) is 0 Å². The molecule has 0 amide bonds. The fourth-order valence-corrected chi connectivity index (χ4v) is 0.890. The lowest BCUT2D eigenvalue weighted by Gasteiger charge is -2.03. The first-order valence-corrected chi connectivity index (χ1v) is 5.23. The zero-order valence-electron chi connectivity index (χ0n) is 7.88. The summed E-state index contributed by atoms with van der Waals surface area (Å²) in [4.78, 5) is 0. The van der Waals surface area contributed by atoms with Gasteiger partial charge in [-0.15, -0.1) is 0 Å². The fourth-order valence-electron chi connectivity index (χ4n) is 0.772. The molecular formula is C9H19O2S. The second-order valence-electron chi connectivity index (χ2n) is 2.64. The molecule has 2 nitrogen and oxygen atoms in total. The Balaban J connectivity index is 2.73. The van der Waals surface area contributed by atoms with Gasteiger partial charge in [0.15, 0.2) is 0 Å². The summed E-state index contributed by atoms with van der Waals surface area (Å²) in [6.45, 7) is 5.41. The topological polar surface area (TPSA) is 18.5 Å². The zero-order valence-corrected chi connectivity index (χ0v) is 8.70. The van der Waals surface area contributed by atoms with Crippen LogP contribution in [0.4, 0.5) is 0 Å². The van der Waals surface area contributed by atoms with Gasteiger partial charge in [0.1, 0.15) is 0 Å². The van der Waals surface area contributed by atoms with Crippen LogP contribution in [-0.4, -0.2) is 32.2 Å². The minimum atomic E-state index is 0.798. The number of hydrogen-bond donors (Lipinski definition) is 0. The molecule has 0 bridgehead atoms. The molecule has 0 saturated heterocycles. The Morgan fingerprint density at radius 2 is 1.50 bits per heavy atom. The molecule has 0 saturated carbocycles. The minimum Gasteiger partial charge on any atom is -0.381 e. The maximum absolute atomic E-state index is 5.31. The monoisotopic (exact) mass is 191 g/mol. The van der Waals surface area contributed by atoms with E-state index >= 15 is 0 Å². The molecule has 0 aromatic carbocycles. The highest BCUT2D eigenvalue weighted by molar-refractivity contribution is 7.80. The van der Waals surface area contributed by atoms with Crippen LogP contribution in [0, 0.1) is 0 Å². The van der Waals surface area contributed by atoms with Crippen LogP contribution in [0.1, 0.15) is 26.2 Å². The van der Waals surface area contributed by atoms with Crippen LogP contribution >= 0.6 is 12.6 Å². The summed E-state index contributed by atoms with van der Waals surface area (Å²) in [7, 11) is 0. The summed E-state index contributed by atoms with van der Waals surface area (Å²) >= 11 is 4.78. The lowest BCUT2D eigenvalue weighted by atomic mass is 10.4. The van der Waals surface area contributed by atoms with Crippen molar-refractivity contribution in [2.24, 2.45) is 0 Å². The standard InChI is InChI=1S/C9H19O2S/c1-2-5-10-6-3-7-11-8-4-9-12/h2-9H2,1H3. The van der Waals surface area contributed by atoms with Crippen molar-refractivity contribution in [3.63, 3.8) is 0 Å². The van der Waals surface area contributed by atoms with Crippen molar-refractivity contribution in [2.75, 3.05) is 32.2 Å². The van der Waals surface area contributed by atoms with E-state index < -0.39 is 0 Å². The van der Waals surface area contributed by atoms with Crippen molar-refractivity contribution >= 4 is 12.6 Å². The number of rotatable bonds is 9. The quantitative estimate of drug-likeness (QED) is 0.521. The fraction of sp³-hybridized carbons (Fsp3) is 1.00. The van der Waals surface area contributed by atoms with E-state index in [1.165, 1.54) is 0 Å². The van der Waals surface area contributed by atoms with Gasteiger partial charge < -0.3 is 9.47 Å². The van der Waals surface area contributed by atoms with Crippen LogP contribution in [0.3, 0.4) is 0 Å². The van der Waals surface area contributed by atoms with Gasteiger partial charge in [0.2, 0.25) is 0 Å². The first-order chi connectivity index (χ1) is 5.91. The third-order valence-electron chi connectivity index (χ3n) is 1.36. The summed E-state index contributed by atoms with van der Waals surface area (Å²) in [6, 6.07) is 0. The van der Waals surface area contributed by atoms with Gasteiger partial charge in [0, 0.05) is 32.2 Å². The molecule has 0 aromatic heterocycles. The van der Waals surface area contributed by atoms with E-state index in [1.54, 1.807) is 0 Å². The first-order valence-electron chi connectivity index (χ1n) is 4.65. The molecule has 73 valence electrons. The van der Waals surface area contributed by atoms with Gasteiger partial charge in [0.05, 0.1) is 0 Å². The molecule has 0 aliphatic heterocycles. The Kier molecular flexibility index (Phi) is 11.5. The molecule has 12 heavy (non-hydrogen) atoms. The number of ether oxygens (including phenoxy) is 2. The van der Waals surface area contributed by atoms with Gasteiger partial charge in [-0.1, -0.05) is 19.6 Å². The van der Waals surface area contributed by atoms with Crippen molar-refractivity contribution in [2.45, 2.75) is 26.2 Å². The Hall–Kier alpha value is 0.270. The lowest BCUT2D eigenvalue weighted by Crippen LogP contribution is -2.02. The minimum absolute atomic E-state index is 0.798. The van der Waals surface area contributed by atoms with Crippen LogP contribution < -0.4 is 0 Å². The van der Waals surface area contributed by atoms with Crippen LogP contribution in [0.25, 0.3) is 0 Å². The van der Waals surface area contributed by atoms with Gasteiger partial charge in [-0.2, -0.15) is 0 Å². The predicted molar refractivity (Wildman–Crippen MR) is 53.6 cm³/mol. The summed E-state index contributed by atoms with van der Waals surface area (Å²) < 4.78 is 10.6. The third-order valence-corrected chi connectivity index (χ3v) is 1.65. The van der Waals surface area contributed by atoms with Crippen LogP contribution in [0.15, 0.2) is 0 Å². The number of hydrogen-bond acceptors (Lipinski definition) is 2. The van der Waals surface area contributed by atoms with Crippen molar-refractivity contribution < 1.29 is 9.47 Å². The Labute approximate surface area is 81.0 Å². The average Bonchev–Trinajstić information content (AvgIpc) is 2.10. The van der Waals surface area contributed by atoms with Crippen LogP contribution in [0.5, 0.6) is 0 Å². The molecule has 0 aliphatic rings. The summed E-state index contributed by atoms with van der Waals surface area (Å²) in [6.07, 6.45) is 3.08. The molecule has 0 N–H and O–H groups in total. The van der Waals surface area contributed by atoms with E-state index in [1.807, 2.05) is 0 Å². The summed E-state index contributed by atoms with van der Waals surface area (Å²) in [5, 5.41) is 0. The second-order valence-corrected chi connectivity index (χ2v) is 3.04. The lowest BCUT2D eigenvalue weighted by molar-refractivity contribution is 0.0836. The molecule has 0 spiro atoms. The summed E-state index contributed by atoms with van der Waals surface area (Å²) in [5.41, 5.74) is 0. The SMILES string of the molecule is CCCOCCCOCCC[S]. The maximum Gasteiger partial charge on any atom is 0.0487 e. The third kappa shape index (κ3) is 10.3. The van der Waals surface area contributed by atoms with Gasteiger partial charge in [-0.25, -0.2) is 0 Å². The Morgan fingerprint density at radius 1 is 0.917 bits per heavy atom. The van der Waals surface area contributed by atoms with Crippen molar-refractivity contribution in [3.05, 3.63) is 0 Å². The maximum atomic E-state index is 5.31. The van der Waals surface area contributed by atoms with E-state index in [-0.39, 0.29) is 0 Å². The van der Waals surface area contributed by atoms with E-state index in [0.29, 0.717) is 0 Å². The van der Waals surface area contributed by atoms with E-state index in [0.717, 1.165) is 51.4 Å². The molecule has 0 rings (SSSR count). The largest absolute Gasteiger partial charge is 0.381 e. The van der Waals surface area contributed by atoms with E-state index in [9.17, 15) is 0 Å². The Morgan fingerprint density at radius 3 is 2.08 bits per heavy atom. The molecule has 0 heterocycles. The van der Waals surface area contributed by atoms with Gasteiger partial charge in [-0.05, 0) is 19.3 Å². The highest BCUT2D eigenvalue weighted by Crippen LogP contribution is 1.89. The average molecular weight is 191 g/mol. The van der Waals surface area contributed by atoms with Gasteiger partial charge in [-0.3, -0.25) is 0 Å². The zero-order chi connectivity index (χ0) is 9.07. The predicted octanol–water partition coefficient (Wildman–Crippen LogP) is 2.41. The van der Waals surface area contributed by atoms with Gasteiger partial charge in [0.25, 0.3) is 0 Å². The molecule has 1 radical (unpaired) electrons. The molecule has 0 unspecified atom stereocenters. The Bertz CT molecular complexity index is 68.9.